The molecule has 0 aliphatic carbocycles. The molecule has 0 saturated carbocycles. The van der Waals surface area contributed by atoms with Gasteiger partial charge in [-0.15, -0.1) is 12.4 Å². The molecular weight excluding hydrogens is 202 g/mol. The van der Waals surface area contributed by atoms with E-state index in [9.17, 15) is 4.79 Å². The zero-order valence-corrected chi connectivity index (χ0v) is 9.69. The van der Waals surface area contributed by atoms with Crippen LogP contribution in [0.2, 0.25) is 0 Å². The fourth-order valence-corrected chi connectivity index (χ4v) is 1.61. The highest BCUT2D eigenvalue weighted by Gasteiger charge is 2.20. The van der Waals surface area contributed by atoms with Crippen molar-refractivity contribution in [2.45, 2.75) is 25.8 Å². The van der Waals surface area contributed by atoms with Gasteiger partial charge < -0.3 is 15.5 Å². The van der Waals surface area contributed by atoms with E-state index in [4.69, 9.17) is 0 Å². The molecule has 2 N–H and O–H groups in total. The second-order valence-electron chi connectivity index (χ2n) is 3.45. The number of amides is 2. The van der Waals surface area contributed by atoms with Crippen molar-refractivity contribution in [3.63, 3.8) is 0 Å². The molecule has 0 bridgehead atoms. The fraction of sp³-hybridized carbons (Fsp3) is 0.889. The first kappa shape index (κ1) is 13.5. The van der Waals surface area contributed by atoms with Crippen LogP contribution in [0.25, 0.3) is 0 Å². The Morgan fingerprint density at radius 1 is 1.64 bits per heavy atom. The van der Waals surface area contributed by atoms with Gasteiger partial charge >= 0.3 is 6.03 Å². The Morgan fingerprint density at radius 3 is 2.86 bits per heavy atom. The monoisotopic (exact) mass is 221 g/mol. The van der Waals surface area contributed by atoms with Crippen molar-refractivity contribution in [3.8, 4) is 0 Å². The van der Waals surface area contributed by atoms with E-state index in [0.29, 0.717) is 12.6 Å². The van der Waals surface area contributed by atoms with Gasteiger partial charge in [-0.3, -0.25) is 0 Å². The van der Waals surface area contributed by atoms with Gasteiger partial charge in [-0.05, 0) is 26.3 Å². The lowest BCUT2D eigenvalue weighted by Crippen LogP contribution is -2.50. The van der Waals surface area contributed by atoms with E-state index in [1.807, 2.05) is 14.0 Å². The molecule has 4 nitrogen and oxygen atoms in total. The molecule has 5 heteroatoms. The molecule has 1 aliphatic rings. The summed E-state index contributed by atoms with van der Waals surface area (Å²) in [6.07, 6.45) is 2.27. The van der Waals surface area contributed by atoms with Crippen LogP contribution in [0.4, 0.5) is 4.79 Å². The summed E-state index contributed by atoms with van der Waals surface area (Å²) in [5.74, 6) is 0. The third-order valence-corrected chi connectivity index (χ3v) is 2.47. The van der Waals surface area contributed by atoms with E-state index >= 15 is 0 Å². The SMILES string of the molecule is CCNC(=O)N(C)[C@@H]1CCCNC1.Cl. The van der Waals surface area contributed by atoms with Crippen molar-refractivity contribution >= 4 is 18.4 Å². The molecular formula is C9H20ClN3O. The van der Waals surface area contributed by atoms with Crippen LogP contribution in [0.3, 0.4) is 0 Å². The second kappa shape index (κ2) is 6.90. The van der Waals surface area contributed by atoms with Crippen LogP contribution >= 0.6 is 12.4 Å². The maximum Gasteiger partial charge on any atom is 0.317 e. The van der Waals surface area contributed by atoms with Crippen LogP contribution in [-0.4, -0.2) is 43.7 Å². The van der Waals surface area contributed by atoms with Gasteiger partial charge in [0, 0.05) is 26.2 Å². The lowest BCUT2D eigenvalue weighted by molar-refractivity contribution is 0.179. The maximum absolute atomic E-state index is 11.4. The van der Waals surface area contributed by atoms with Gasteiger partial charge in [0.25, 0.3) is 0 Å². The molecule has 1 heterocycles. The lowest BCUT2D eigenvalue weighted by atomic mass is 10.1. The number of carbonyl (C=O) groups is 1. The Bertz CT molecular complexity index is 171. The molecule has 0 aromatic rings. The fourth-order valence-electron chi connectivity index (χ4n) is 1.61. The molecule has 0 aromatic carbocycles. The minimum Gasteiger partial charge on any atom is -0.338 e. The number of halogens is 1. The average Bonchev–Trinajstić information content (AvgIpc) is 2.18. The first-order valence-electron chi connectivity index (χ1n) is 4.97. The number of piperidine rings is 1. The summed E-state index contributed by atoms with van der Waals surface area (Å²) in [4.78, 5) is 13.2. The smallest absolute Gasteiger partial charge is 0.317 e. The van der Waals surface area contributed by atoms with Gasteiger partial charge in [0.15, 0.2) is 0 Å². The maximum atomic E-state index is 11.4. The highest BCUT2D eigenvalue weighted by molar-refractivity contribution is 5.85. The Hall–Kier alpha value is -0.480. The Morgan fingerprint density at radius 2 is 2.36 bits per heavy atom. The number of hydrogen-bond acceptors (Lipinski definition) is 2. The highest BCUT2D eigenvalue weighted by atomic mass is 35.5. The van der Waals surface area contributed by atoms with Crippen LogP contribution in [-0.2, 0) is 0 Å². The van der Waals surface area contributed by atoms with Gasteiger partial charge in [0.2, 0.25) is 0 Å². The molecule has 0 aromatic heterocycles. The van der Waals surface area contributed by atoms with Crippen LogP contribution < -0.4 is 10.6 Å². The summed E-state index contributed by atoms with van der Waals surface area (Å²) >= 11 is 0. The first-order valence-corrected chi connectivity index (χ1v) is 4.97. The molecule has 0 unspecified atom stereocenters. The quantitative estimate of drug-likeness (QED) is 0.726. The summed E-state index contributed by atoms with van der Waals surface area (Å²) in [5, 5.41) is 6.09. The molecule has 2 amide bonds. The van der Waals surface area contributed by atoms with Crippen molar-refractivity contribution in [2.75, 3.05) is 26.7 Å². The molecule has 14 heavy (non-hydrogen) atoms. The zero-order valence-electron chi connectivity index (χ0n) is 8.88. The molecule has 0 radical (unpaired) electrons. The van der Waals surface area contributed by atoms with Crippen molar-refractivity contribution in [3.05, 3.63) is 0 Å². The molecule has 1 saturated heterocycles. The molecule has 1 aliphatic heterocycles. The third kappa shape index (κ3) is 3.72. The standard InChI is InChI=1S/C9H19N3O.ClH/c1-3-11-9(13)12(2)8-5-4-6-10-7-8;/h8,10H,3-7H2,1-2H3,(H,11,13);1H/t8-;/m1./s1. The largest absolute Gasteiger partial charge is 0.338 e. The third-order valence-electron chi connectivity index (χ3n) is 2.47. The Labute approximate surface area is 91.8 Å². The second-order valence-corrected chi connectivity index (χ2v) is 3.45. The number of hydrogen-bond donors (Lipinski definition) is 2. The van der Waals surface area contributed by atoms with Crippen molar-refractivity contribution in [1.29, 1.82) is 0 Å². The van der Waals surface area contributed by atoms with E-state index in [2.05, 4.69) is 10.6 Å². The van der Waals surface area contributed by atoms with Crippen LogP contribution in [0.5, 0.6) is 0 Å². The molecule has 0 spiro atoms. The first-order chi connectivity index (χ1) is 6.25. The van der Waals surface area contributed by atoms with Crippen molar-refractivity contribution in [2.24, 2.45) is 0 Å². The molecule has 1 atom stereocenters. The van der Waals surface area contributed by atoms with E-state index in [1.54, 1.807) is 4.90 Å². The molecule has 1 rings (SSSR count). The van der Waals surface area contributed by atoms with E-state index < -0.39 is 0 Å². The summed E-state index contributed by atoms with van der Waals surface area (Å²) < 4.78 is 0. The van der Waals surface area contributed by atoms with Gasteiger partial charge in [-0.1, -0.05) is 0 Å². The number of urea groups is 1. The van der Waals surface area contributed by atoms with Crippen LogP contribution in [0, 0.1) is 0 Å². The summed E-state index contributed by atoms with van der Waals surface area (Å²) in [6.45, 7) is 4.64. The van der Waals surface area contributed by atoms with Gasteiger partial charge in [-0.25, -0.2) is 4.79 Å². The van der Waals surface area contributed by atoms with Gasteiger partial charge in [0.1, 0.15) is 0 Å². The number of nitrogens with zero attached hydrogens (tertiary/aromatic N) is 1. The van der Waals surface area contributed by atoms with Crippen molar-refractivity contribution < 1.29 is 4.79 Å². The lowest BCUT2D eigenvalue weighted by Gasteiger charge is -2.31. The summed E-state index contributed by atoms with van der Waals surface area (Å²) in [7, 11) is 1.86. The van der Waals surface area contributed by atoms with E-state index in [1.165, 1.54) is 0 Å². The zero-order chi connectivity index (χ0) is 9.68. The predicted molar refractivity (Wildman–Crippen MR) is 60.0 cm³/mol. The Balaban J connectivity index is 0.00000169. The molecule has 1 fully saturated rings. The normalized spacial score (nSPS) is 20.9. The number of likely N-dealkylation sites (N-methyl/N-ethyl adjacent to an activating group) is 1. The predicted octanol–water partition coefficient (Wildman–Crippen LogP) is 0.821. The van der Waals surface area contributed by atoms with E-state index in [0.717, 1.165) is 25.9 Å². The van der Waals surface area contributed by atoms with Crippen molar-refractivity contribution in [1.82, 2.24) is 15.5 Å². The van der Waals surface area contributed by atoms with E-state index in [-0.39, 0.29) is 18.4 Å². The topological polar surface area (TPSA) is 44.4 Å². The number of carbonyl (C=O) groups excluding carboxylic acids is 1. The van der Waals surface area contributed by atoms with Gasteiger partial charge in [0.05, 0.1) is 0 Å². The minimum absolute atomic E-state index is 0. The Kier molecular flexibility index (Phi) is 6.66. The minimum atomic E-state index is 0. The molecule has 84 valence electrons. The summed E-state index contributed by atoms with van der Waals surface area (Å²) in [5.41, 5.74) is 0. The van der Waals surface area contributed by atoms with Crippen LogP contribution in [0.1, 0.15) is 19.8 Å². The van der Waals surface area contributed by atoms with Crippen LogP contribution in [0.15, 0.2) is 0 Å². The number of nitrogens with one attached hydrogen (secondary N) is 2. The van der Waals surface area contributed by atoms with Gasteiger partial charge in [-0.2, -0.15) is 0 Å². The highest BCUT2D eigenvalue weighted by Crippen LogP contribution is 2.07. The average molecular weight is 222 g/mol. The number of rotatable bonds is 2. The summed E-state index contributed by atoms with van der Waals surface area (Å²) in [6, 6.07) is 0.400.